The number of rotatable bonds is 5. The third kappa shape index (κ3) is 3.05. The molecule has 0 N–H and O–H groups in total. The summed E-state index contributed by atoms with van der Waals surface area (Å²) in [5, 5.41) is 0. The van der Waals surface area contributed by atoms with E-state index in [2.05, 4.69) is 30.8 Å². The van der Waals surface area contributed by atoms with E-state index in [4.69, 9.17) is 4.74 Å². The first-order chi connectivity index (χ1) is 9.33. The highest BCUT2D eigenvalue weighted by molar-refractivity contribution is 5.67. The summed E-state index contributed by atoms with van der Waals surface area (Å²) in [4.78, 5) is 0. The number of benzene rings is 2. The molecule has 2 aromatic rings. The Kier molecular flexibility index (Phi) is 3.37. The van der Waals surface area contributed by atoms with Crippen LogP contribution >= 0.6 is 0 Å². The molecule has 19 heavy (non-hydrogen) atoms. The maximum Gasteiger partial charge on any atom is 0.119 e. The van der Waals surface area contributed by atoms with Gasteiger partial charge in [0.15, 0.2) is 0 Å². The fourth-order valence-corrected chi connectivity index (χ4v) is 2.17. The first kappa shape index (κ1) is 12.0. The Labute approximate surface area is 114 Å². The van der Waals surface area contributed by atoms with Crippen molar-refractivity contribution in [1.82, 2.24) is 0 Å². The van der Waals surface area contributed by atoms with Crippen LogP contribution in [0.25, 0.3) is 5.57 Å². The highest BCUT2D eigenvalue weighted by Crippen LogP contribution is 2.40. The third-order valence-corrected chi connectivity index (χ3v) is 3.54. The monoisotopic (exact) mass is 250 g/mol. The largest absolute Gasteiger partial charge is 0.489 e. The van der Waals surface area contributed by atoms with Crippen molar-refractivity contribution in [3.63, 3.8) is 0 Å². The minimum Gasteiger partial charge on any atom is -0.489 e. The van der Waals surface area contributed by atoms with E-state index in [9.17, 15) is 0 Å². The first-order valence-electron chi connectivity index (χ1n) is 6.79. The van der Waals surface area contributed by atoms with Crippen LogP contribution in [0.4, 0.5) is 0 Å². The van der Waals surface area contributed by atoms with Crippen LogP contribution in [0.5, 0.6) is 5.75 Å². The van der Waals surface area contributed by atoms with E-state index in [-0.39, 0.29) is 0 Å². The maximum absolute atomic E-state index is 5.77. The molecule has 1 fully saturated rings. The topological polar surface area (TPSA) is 9.23 Å². The third-order valence-electron chi connectivity index (χ3n) is 3.54. The Bertz CT molecular complexity index is 550. The summed E-state index contributed by atoms with van der Waals surface area (Å²) in [6.07, 6.45) is 2.59. The van der Waals surface area contributed by atoms with Gasteiger partial charge in [0.1, 0.15) is 12.4 Å². The molecule has 3 rings (SSSR count). The predicted molar refractivity (Wildman–Crippen MR) is 79.0 cm³/mol. The SMILES string of the molecule is C=C(c1ccc(OCc2ccccc2)cc1)C1CC1. The molecule has 1 aliphatic carbocycles. The van der Waals surface area contributed by atoms with Gasteiger partial charge in [-0.3, -0.25) is 0 Å². The number of hydrogen-bond acceptors (Lipinski definition) is 1. The average Bonchev–Trinajstić information content (AvgIpc) is 3.31. The molecule has 0 heterocycles. The standard InChI is InChI=1S/C18H18O/c1-14(16-7-8-16)17-9-11-18(12-10-17)19-13-15-5-3-2-4-6-15/h2-6,9-12,16H,1,7-8,13H2. The van der Waals surface area contributed by atoms with Gasteiger partial charge in [0.2, 0.25) is 0 Å². The molecule has 2 aromatic carbocycles. The Balaban J connectivity index is 1.61. The van der Waals surface area contributed by atoms with Crippen LogP contribution in [0.15, 0.2) is 61.2 Å². The zero-order valence-electron chi connectivity index (χ0n) is 11.0. The van der Waals surface area contributed by atoms with Crippen molar-refractivity contribution in [2.75, 3.05) is 0 Å². The molecule has 0 spiro atoms. The summed E-state index contributed by atoms with van der Waals surface area (Å²) in [5.74, 6) is 1.63. The quantitative estimate of drug-likeness (QED) is 0.748. The summed E-state index contributed by atoms with van der Waals surface area (Å²) in [5.41, 5.74) is 3.71. The average molecular weight is 250 g/mol. The van der Waals surface area contributed by atoms with Crippen molar-refractivity contribution in [1.29, 1.82) is 0 Å². The Hall–Kier alpha value is -2.02. The first-order valence-corrected chi connectivity index (χ1v) is 6.79. The van der Waals surface area contributed by atoms with Gasteiger partial charge in [-0.05, 0) is 47.6 Å². The lowest BCUT2D eigenvalue weighted by Gasteiger charge is -2.08. The van der Waals surface area contributed by atoms with Gasteiger partial charge in [-0.15, -0.1) is 0 Å². The highest BCUT2D eigenvalue weighted by atomic mass is 16.5. The fourth-order valence-electron chi connectivity index (χ4n) is 2.17. The molecule has 1 nitrogen and oxygen atoms in total. The second-order valence-electron chi connectivity index (χ2n) is 5.10. The number of hydrogen-bond donors (Lipinski definition) is 0. The van der Waals surface area contributed by atoms with Crippen LogP contribution in [-0.4, -0.2) is 0 Å². The van der Waals surface area contributed by atoms with Crippen LogP contribution in [0.2, 0.25) is 0 Å². The van der Waals surface area contributed by atoms with Crippen LogP contribution < -0.4 is 4.74 Å². The molecule has 0 saturated heterocycles. The maximum atomic E-state index is 5.77. The van der Waals surface area contributed by atoms with Gasteiger partial charge >= 0.3 is 0 Å². The van der Waals surface area contributed by atoms with E-state index >= 15 is 0 Å². The summed E-state index contributed by atoms with van der Waals surface area (Å²) in [6.45, 7) is 4.78. The Morgan fingerprint density at radius 3 is 2.32 bits per heavy atom. The minimum atomic E-state index is 0.615. The van der Waals surface area contributed by atoms with Crippen molar-refractivity contribution in [3.8, 4) is 5.75 Å². The predicted octanol–water partition coefficient (Wildman–Crippen LogP) is 4.69. The second-order valence-corrected chi connectivity index (χ2v) is 5.10. The zero-order valence-corrected chi connectivity index (χ0v) is 11.0. The van der Waals surface area contributed by atoms with Crippen LogP contribution in [0, 0.1) is 5.92 Å². The molecular weight excluding hydrogens is 232 g/mol. The molecule has 0 aromatic heterocycles. The normalized spacial score (nSPS) is 14.1. The molecule has 96 valence electrons. The number of ether oxygens (including phenoxy) is 1. The van der Waals surface area contributed by atoms with Gasteiger partial charge in [0.05, 0.1) is 0 Å². The summed E-state index contributed by atoms with van der Waals surface area (Å²) < 4.78 is 5.77. The zero-order chi connectivity index (χ0) is 13.1. The number of allylic oxidation sites excluding steroid dienone is 1. The molecule has 1 aliphatic rings. The van der Waals surface area contributed by atoms with E-state index in [0.717, 1.165) is 11.7 Å². The molecule has 0 amide bonds. The van der Waals surface area contributed by atoms with E-state index in [1.165, 1.54) is 29.5 Å². The van der Waals surface area contributed by atoms with Gasteiger partial charge in [-0.1, -0.05) is 49.0 Å². The van der Waals surface area contributed by atoms with Crippen molar-refractivity contribution in [2.45, 2.75) is 19.4 Å². The Morgan fingerprint density at radius 2 is 1.68 bits per heavy atom. The molecule has 0 bridgehead atoms. The highest BCUT2D eigenvalue weighted by Gasteiger charge is 2.25. The summed E-state index contributed by atoms with van der Waals surface area (Å²) in [7, 11) is 0. The van der Waals surface area contributed by atoms with E-state index in [1.54, 1.807) is 0 Å². The fraction of sp³-hybridized carbons (Fsp3) is 0.222. The van der Waals surface area contributed by atoms with Crippen LogP contribution in [0.1, 0.15) is 24.0 Å². The van der Waals surface area contributed by atoms with Crippen LogP contribution in [-0.2, 0) is 6.61 Å². The summed E-state index contributed by atoms with van der Waals surface area (Å²) >= 11 is 0. The molecule has 1 heteroatoms. The van der Waals surface area contributed by atoms with Gasteiger partial charge in [0.25, 0.3) is 0 Å². The van der Waals surface area contributed by atoms with E-state index in [1.807, 2.05) is 30.3 Å². The molecule has 1 saturated carbocycles. The molecular formula is C18H18O. The van der Waals surface area contributed by atoms with Crippen molar-refractivity contribution >= 4 is 5.57 Å². The lowest BCUT2D eigenvalue weighted by atomic mass is 10.0. The van der Waals surface area contributed by atoms with E-state index < -0.39 is 0 Å². The molecule has 0 atom stereocenters. The minimum absolute atomic E-state index is 0.615. The van der Waals surface area contributed by atoms with Gasteiger partial charge in [-0.25, -0.2) is 0 Å². The lowest BCUT2D eigenvalue weighted by Crippen LogP contribution is -1.95. The van der Waals surface area contributed by atoms with Crippen molar-refractivity contribution in [3.05, 3.63) is 72.3 Å². The molecule has 0 aliphatic heterocycles. The Morgan fingerprint density at radius 1 is 1.00 bits per heavy atom. The van der Waals surface area contributed by atoms with E-state index in [0.29, 0.717) is 6.61 Å². The molecule has 0 unspecified atom stereocenters. The molecule has 0 radical (unpaired) electrons. The van der Waals surface area contributed by atoms with Crippen LogP contribution in [0.3, 0.4) is 0 Å². The van der Waals surface area contributed by atoms with Crippen molar-refractivity contribution in [2.24, 2.45) is 5.92 Å². The second kappa shape index (κ2) is 5.31. The van der Waals surface area contributed by atoms with Gasteiger partial charge < -0.3 is 4.74 Å². The summed E-state index contributed by atoms with van der Waals surface area (Å²) in [6, 6.07) is 18.5. The van der Waals surface area contributed by atoms with Gasteiger partial charge in [-0.2, -0.15) is 0 Å². The van der Waals surface area contributed by atoms with Gasteiger partial charge in [0, 0.05) is 0 Å². The lowest BCUT2D eigenvalue weighted by molar-refractivity contribution is 0.306. The van der Waals surface area contributed by atoms with Crippen molar-refractivity contribution < 1.29 is 4.74 Å². The smallest absolute Gasteiger partial charge is 0.119 e.